The lowest BCUT2D eigenvalue weighted by Gasteiger charge is -2.36. The molecule has 2 heterocycles. The Morgan fingerprint density at radius 1 is 1.30 bits per heavy atom. The SMILES string of the molecule is CC1c2cccn2CCN1C(=O)CC1CC2CCC1C2. The van der Waals surface area contributed by atoms with Crippen LogP contribution in [0.5, 0.6) is 0 Å². The number of carbonyl (C=O) groups is 1. The minimum absolute atomic E-state index is 0.241. The lowest BCUT2D eigenvalue weighted by Crippen LogP contribution is -2.41. The van der Waals surface area contributed by atoms with E-state index in [-0.39, 0.29) is 6.04 Å². The first-order valence-corrected chi connectivity index (χ1v) is 8.17. The van der Waals surface area contributed by atoms with E-state index in [1.807, 2.05) is 0 Å². The molecule has 0 N–H and O–H groups in total. The summed E-state index contributed by atoms with van der Waals surface area (Å²) < 4.78 is 2.28. The average molecular weight is 272 g/mol. The van der Waals surface area contributed by atoms with Crippen LogP contribution < -0.4 is 0 Å². The molecule has 108 valence electrons. The fourth-order valence-corrected chi connectivity index (χ4v) is 4.89. The monoisotopic (exact) mass is 272 g/mol. The number of hydrogen-bond donors (Lipinski definition) is 0. The first-order chi connectivity index (χ1) is 9.72. The number of aromatic nitrogens is 1. The van der Waals surface area contributed by atoms with E-state index in [9.17, 15) is 4.79 Å². The van der Waals surface area contributed by atoms with Crippen LogP contribution in [0.25, 0.3) is 0 Å². The van der Waals surface area contributed by atoms with Gasteiger partial charge in [0.1, 0.15) is 0 Å². The van der Waals surface area contributed by atoms with Gasteiger partial charge < -0.3 is 9.47 Å². The summed E-state index contributed by atoms with van der Waals surface area (Å²) >= 11 is 0. The maximum atomic E-state index is 12.7. The molecule has 3 aliphatic rings. The third-order valence-electron chi connectivity index (χ3n) is 5.98. The molecule has 20 heavy (non-hydrogen) atoms. The van der Waals surface area contributed by atoms with E-state index in [4.69, 9.17) is 0 Å². The summed E-state index contributed by atoms with van der Waals surface area (Å²) in [6.07, 6.45) is 8.44. The third-order valence-corrected chi connectivity index (χ3v) is 5.98. The van der Waals surface area contributed by atoms with Crippen LogP contribution in [0.2, 0.25) is 0 Å². The van der Waals surface area contributed by atoms with Gasteiger partial charge in [-0.3, -0.25) is 4.79 Å². The van der Waals surface area contributed by atoms with E-state index in [2.05, 4.69) is 34.7 Å². The van der Waals surface area contributed by atoms with Gasteiger partial charge >= 0.3 is 0 Å². The molecule has 2 saturated carbocycles. The topological polar surface area (TPSA) is 25.2 Å². The second-order valence-electron chi connectivity index (χ2n) is 7.03. The maximum Gasteiger partial charge on any atom is 0.223 e. The van der Waals surface area contributed by atoms with Crippen LogP contribution in [0.4, 0.5) is 0 Å². The van der Waals surface area contributed by atoms with Crippen LogP contribution in [0, 0.1) is 17.8 Å². The number of amides is 1. The molecule has 3 heteroatoms. The number of fused-ring (bicyclic) bond motifs is 3. The number of carbonyl (C=O) groups excluding carboxylic acids is 1. The fraction of sp³-hybridized carbons (Fsp3) is 0.706. The fourth-order valence-electron chi connectivity index (χ4n) is 4.89. The zero-order valence-electron chi connectivity index (χ0n) is 12.3. The van der Waals surface area contributed by atoms with Gasteiger partial charge in [0, 0.05) is 31.4 Å². The summed E-state index contributed by atoms with van der Waals surface area (Å²) in [5.74, 6) is 2.87. The molecule has 1 aromatic rings. The molecule has 2 aliphatic carbocycles. The molecular formula is C17H24N2O. The largest absolute Gasteiger partial charge is 0.348 e. The van der Waals surface area contributed by atoms with Crippen molar-refractivity contribution in [3.63, 3.8) is 0 Å². The Kier molecular flexibility index (Phi) is 2.90. The molecular weight excluding hydrogens is 248 g/mol. The van der Waals surface area contributed by atoms with Crippen LogP contribution in [0.15, 0.2) is 18.3 Å². The first-order valence-electron chi connectivity index (χ1n) is 8.17. The van der Waals surface area contributed by atoms with Crippen molar-refractivity contribution in [2.24, 2.45) is 17.8 Å². The Hall–Kier alpha value is -1.25. The van der Waals surface area contributed by atoms with Crippen LogP contribution in [-0.4, -0.2) is 21.9 Å². The average Bonchev–Trinajstić information content (AvgIpc) is 3.14. The highest BCUT2D eigenvalue weighted by Gasteiger charge is 2.41. The van der Waals surface area contributed by atoms with Gasteiger partial charge in [-0.2, -0.15) is 0 Å². The van der Waals surface area contributed by atoms with Gasteiger partial charge in [0.25, 0.3) is 0 Å². The van der Waals surface area contributed by atoms with Gasteiger partial charge in [-0.1, -0.05) is 6.42 Å². The Morgan fingerprint density at radius 3 is 2.95 bits per heavy atom. The quantitative estimate of drug-likeness (QED) is 0.811. The molecule has 0 radical (unpaired) electrons. The summed E-state index contributed by atoms with van der Waals surface area (Å²) in [7, 11) is 0. The zero-order valence-corrected chi connectivity index (χ0v) is 12.3. The predicted molar refractivity (Wildman–Crippen MR) is 78.1 cm³/mol. The van der Waals surface area contributed by atoms with Crippen molar-refractivity contribution in [1.29, 1.82) is 0 Å². The van der Waals surface area contributed by atoms with Crippen LogP contribution >= 0.6 is 0 Å². The Labute approximate surface area is 120 Å². The lowest BCUT2D eigenvalue weighted by atomic mass is 9.86. The number of rotatable bonds is 2. The summed E-state index contributed by atoms with van der Waals surface area (Å²) in [4.78, 5) is 14.8. The van der Waals surface area contributed by atoms with E-state index in [1.165, 1.54) is 31.4 Å². The molecule has 0 aromatic carbocycles. The highest BCUT2D eigenvalue weighted by Crippen LogP contribution is 2.49. The molecule has 4 rings (SSSR count). The standard InChI is InChI=1S/C17H24N2O/c1-12-16-3-2-6-18(16)7-8-19(12)17(20)11-15-10-13-4-5-14(15)9-13/h2-3,6,12-15H,4-5,7-11H2,1H3. The smallest absolute Gasteiger partial charge is 0.223 e. The van der Waals surface area contributed by atoms with Gasteiger partial charge in [-0.25, -0.2) is 0 Å². The van der Waals surface area contributed by atoms with Crippen LogP contribution in [-0.2, 0) is 11.3 Å². The minimum Gasteiger partial charge on any atom is -0.348 e. The van der Waals surface area contributed by atoms with Crippen molar-refractivity contribution in [2.75, 3.05) is 6.54 Å². The van der Waals surface area contributed by atoms with Crippen LogP contribution in [0.3, 0.4) is 0 Å². The highest BCUT2D eigenvalue weighted by molar-refractivity contribution is 5.77. The highest BCUT2D eigenvalue weighted by atomic mass is 16.2. The number of hydrogen-bond acceptors (Lipinski definition) is 1. The van der Waals surface area contributed by atoms with Crippen molar-refractivity contribution in [1.82, 2.24) is 9.47 Å². The molecule has 4 atom stereocenters. The van der Waals surface area contributed by atoms with E-state index in [0.717, 1.165) is 31.3 Å². The normalized spacial score (nSPS) is 35.4. The molecule has 3 nitrogen and oxygen atoms in total. The van der Waals surface area contributed by atoms with Gasteiger partial charge in [-0.15, -0.1) is 0 Å². The molecule has 0 spiro atoms. The molecule has 2 fully saturated rings. The zero-order chi connectivity index (χ0) is 13.7. The maximum absolute atomic E-state index is 12.7. The van der Waals surface area contributed by atoms with Gasteiger partial charge in [0.2, 0.25) is 5.91 Å². The molecule has 0 saturated heterocycles. The van der Waals surface area contributed by atoms with Gasteiger partial charge in [0.05, 0.1) is 6.04 Å². The Balaban J connectivity index is 1.44. The third kappa shape index (κ3) is 1.90. The summed E-state index contributed by atoms with van der Waals surface area (Å²) in [5, 5.41) is 0. The van der Waals surface area contributed by atoms with Crippen molar-refractivity contribution < 1.29 is 4.79 Å². The van der Waals surface area contributed by atoms with E-state index in [1.54, 1.807) is 0 Å². The van der Waals surface area contributed by atoms with E-state index in [0.29, 0.717) is 11.8 Å². The van der Waals surface area contributed by atoms with Crippen molar-refractivity contribution in [3.8, 4) is 0 Å². The summed E-state index contributed by atoms with van der Waals surface area (Å²) in [6.45, 7) is 4.00. The van der Waals surface area contributed by atoms with E-state index >= 15 is 0 Å². The molecule has 4 unspecified atom stereocenters. The number of nitrogens with zero attached hydrogens (tertiary/aromatic N) is 2. The Bertz CT molecular complexity index is 521. The second kappa shape index (κ2) is 4.64. The predicted octanol–water partition coefficient (Wildman–Crippen LogP) is 3.22. The molecule has 1 aromatic heterocycles. The van der Waals surface area contributed by atoms with Crippen molar-refractivity contribution in [2.45, 2.75) is 51.6 Å². The minimum atomic E-state index is 0.241. The van der Waals surface area contributed by atoms with Crippen molar-refractivity contribution >= 4 is 5.91 Å². The lowest BCUT2D eigenvalue weighted by molar-refractivity contribution is -0.135. The first kappa shape index (κ1) is 12.5. The van der Waals surface area contributed by atoms with Crippen molar-refractivity contribution in [3.05, 3.63) is 24.0 Å². The Morgan fingerprint density at radius 2 is 2.20 bits per heavy atom. The molecule has 2 bridgehead atoms. The van der Waals surface area contributed by atoms with Crippen LogP contribution in [0.1, 0.15) is 50.8 Å². The summed E-state index contributed by atoms with van der Waals surface area (Å²) in [6, 6.07) is 4.49. The summed E-state index contributed by atoms with van der Waals surface area (Å²) in [5.41, 5.74) is 1.29. The second-order valence-corrected chi connectivity index (χ2v) is 7.03. The van der Waals surface area contributed by atoms with Gasteiger partial charge in [0.15, 0.2) is 0 Å². The van der Waals surface area contributed by atoms with E-state index < -0.39 is 0 Å². The molecule has 1 aliphatic heterocycles. The molecule has 1 amide bonds. The van der Waals surface area contributed by atoms with Gasteiger partial charge in [-0.05, 0) is 56.1 Å².